The number of ether oxygens (including phenoxy) is 1. The molecule has 1 saturated heterocycles. The van der Waals surface area contributed by atoms with Gasteiger partial charge in [-0.25, -0.2) is 0 Å². The van der Waals surface area contributed by atoms with Crippen molar-refractivity contribution in [3.05, 3.63) is 0 Å². The van der Waals surface area contributed by atoms with Crippen LogP contribution in [0.2, 0.25) is 0 Å². The van der Waals surface area contributed by atoms with Crippen LogP contribution in [0.3, 0.4) is 0 Å². The zero-order valence-electron chi connectivity index (χ0n) is 18.8. The smallest absolute Gasteiger partial charge is 0.281 e. The Bertz CT molecular complexity index is 518. The van der Waals surface area contributed by atoms with Gasteiger partial charge in [-0.2, -0.15) is 17.4 Å². The average Bonchev–Trinajstić information content (AvgIpc) is 2.71. The molecule has 4 atom stereocenters. The van der Waals surface area contributed by atoms with E-state index in [-0.39, 0.29) is 6.61 Å². The number of aliphatic hydroxyl groups excluding tert-OH is 3. The fourth-order valence-corrected chi connectivity index (χ4v) is 5.01. The molecule has 1 aliphatic heterocycles. The summed E-state index contributed by atoms with van der Waals surface area (Å²) in [5, 5.41) is 29.4. The molecular weight excluding hydrogens is 408 g/mol. The molecule has 1 fully saturated rings. The van der Waals surface area contributed by atoms with Gasteiger partial charge in [-0.3, -0.25) is 0 Å². The maximum atomic E-state index is 12.9. The first-order valence-corrected chi connectivity index (χ1v) is 13.2. The lowest BCUT2D eigenvalue weighted by Crippen LogP contribution is -2.60. The highest BCUT2D eigenvalue weighted by Crippen LogP contribution is 2.17. The van der Waals surface area contributed by atoms with Gasteiger partial charge in [0.1, 0.15) is 18.3 Å². The van der Waals surface area contributed by atoms with E-state index in [9.17, 15) is 23.7 Å². The molecule has 0 aromatic carbocycles. The standard InChI is InChI=1S/C21H44N2O6S/c1-3-5-7-9-11-13-15-23(16-14-12-10-8-6-4-2)30(27,28)22-21-20(26)19(25)18(24)17-29-21/h18-22,24-26H,3-17H2,1-2H3/t18-,19-,20+,21+/m1/s1. The third-order valence-corrected chi connectivity index (χ3v) is 7.20. The number of nitrogens with one attached hydrogen (secondary N) is 1. The Morgan fingerprint density at radius 2 is 1.27 bits per heavy atom. The molecule has 1 aliphatic rings. The number of nitrogens with zero attached hydrogens (tertiary/aromatic N) is 1. The fourth-order valence-electron chi connectivity index (χ4n) is 3.62. The number of aliphatic hydroxyl groups is 3. The number of hydrogen-bond acceptors (Lipinski definition) is 6. The van der Waals surface area contributed by atoms with Gasteiger partial charge in [0.25, 0.3) is 10.2 Å². The lowest BCUT2D eigenvalue weighted by molar-refractivity contribution is -0.189. The van der Waals surface area contributed by atoms with Crippen molar-refractivity contribution in [2.45, 2.75) is 115 Å². The first kappa shape index (κ1) is 27.7. The predicted octanol–water partition coefficient (Wildman–Crippen LogP) is 2.28. The number of unbranched alkanes of at least 4 members (excludes halogenated alkanes) is 10. The summed E-state index contributed by atoms with van der Waals surface area (Å²) in [6.07, 6.45) is 7.35. The van der Waals surface area contributed by atoms with Crippen molar-refractivity contribution in [2.75, 3.05) is 19.7 Å². The summed E-state index contributed by atoms with van der Waals surface area (Å²) in [5.74, 6) is 0. The molecular formula is C21H44N2O6S. The SMILES string of the molecule is CCCCCCCCN(CCCCCCCC)S(=O)(=O)N[C@H]1OC[C@@H](O)[C@@H](O)[C@@H]1O. The van der Waals surface area contributed by atoms with Crippen LogP contribution in [0.15, 0.2) is 0 Å². The summed E-state index contributed by atoms with van der Waals surface area (Å²) in [5.41, 5.74) is 0. The van der Waals surface area contributed by atoms with Crippen molar-refractivity contribution in [3.8, 4) is 0 Å². The molecule has 0 radical (unpaired) electrons. The molecule has 180 valence electrons. The van der Waals surface area contributed by atoms with Crippen molar-refractivity contribution in [1.29, 1.82) is 0 Å². The first-order chi connectivity index (χ1) is 14.3. The van der Waals surface area contributed by atoms with Crippen LogP contribution in [0.4, 0.5) is 0 Å². The van der Waals surface area contributed by atoms with Crippen LogP contribution in [0.5, 0.6) is 0 Å². The van der Waals surface area contributed by atoms with Crippen molar-refractivity contribution in [2.24, 2.45) is 0 Å². The summed E-state index contributed by atoms with van der Waals surface area (Å²) in [6, 6.07) is 0. The molecule has 30 heavy (non-hydrogen) atoms. The van der Waals surface area contributed by atoms with Crippen LogP contribution >= 0.6 is 0 Å². The van der Waals surface area contributed by atoms with Gasteiger partial charge >= 0.3 is 0 Å². The van der Waals surface area contributed by atoms with Gasteiger partial charge in [0.2, 0.25) is 0 Å². The molecule has 0 aliphatic carbocycles. The molecule has 0 unspecified atom stereocenters. The first-order valence-electron chi connectivity index (χ1n) is 11.8. The Morgan fingerprint density at radius 3 is 1.77 bits per heavy atom. The summed E-state index contributed by atoms with van der Waals surface area (Å²) in [4.78, 5) is 0. The summed E-state index contributed by atoms with van der Waals surface area (Å²) in [7, 11) is -3.89. The van der Waals surface area contributed by atoms with Gasteiger partial charge in [0.05, 0.1) is 6.61 Å². The second-order valence-corrected chi connectivity index (χ2v) is 10.1. The lowest BCUT2D eigenvalue weighted by atomic mass is 10.1. The molecule has 0 amide bonds. The van der Waals surface area contributed by atoms with E-state index in [1.54, 1.807) is 0 Å². The van der Waals surface area contributed by atoms with Crippen molar-refractivity contribution in [1.82, 2.24) is 9.03 Å². The largest absolute Gasteiger partial charge is 0.388 e. The molecule has 1 heterocycles. The van der Waals surface area contributed by atoms with Gasteiger partial charge in [0.15, 0.2) is 6.23 Å². The van der Waals surface area contributed by atoms with E-state index in [1.807, 2.05) is 0 Å². The lowest BCUT2D eigenvalue weighted by Gasteiger charge is -2.36. The number of rotatable bonds is 17. The summed E-state index contributed by atoms with van der Waals surface area (Å²) in [6.45, 7) is 4.94. The van der Waals surface area contributed by atoms with Crippen LogP contribution in [-0.2, 0) is 14.9 Å². The Labute approximate surface area is 183 Å². The van der Waals surface area contributed by atoms with E-state index in [2.05, 4.69) is 18.6 Å². The summed E-state index contributed by atoms with van der Waals surface area (Å²) < 4.78 is 34.9. The van der Waals surface area contributed by atoms with Crippen molar-refractivity contribution < 1.29 is 28.5 Å². The second kappa shape index (κ2) is 15.5. The molecule has 8 nitrogen and oxygen atoms in total. The Kier molecular flexibility index (Phi) is 14.3. The quantitative estimate of drug-likeness (QED) is 0.251. The minimum absolute atomic E-state index is 0.236. The van der Waals surface area contributed by atoms with Gasteiger partial charge in [-0.15, -0.1) is 0 Å². The van der Waals surface area contributed by atoms with Gasteiger partial charge in [-0.1, -0.05) is 78.1 Å². The third-order valence-electron chi connectivity index (χ3n) is 5.63. The van der Waals surface area contributed by atoms with E-state index in [0.29, 0.717) is 13.1 Å². The predicted molar refractivity (Wildman–Crippen MR) is 118 cm³/mol. The van der Waals surface area contributed by atoms with Crippen LogP contribution in [0.1, 0.15) is 90.9 Å². The maximum Gasteiger partial charge on any atom is 0.281 e. The zero-order chi connectivity index (χ0) is 22.4. The topological polar surface area (TPSA) is 119 Å². The molecule has 0 bridgehead atoms. The molecule has 9 heteroatoms. The Hall–Kier alpha value is -0.290. The normalized spacial score (nSPS) is 25.1. The van der Waals surface area contributed by atoms with Gasteiger partial charge in [0, 0.05) is 13.1 Å². The molecule has 0 aromatic rings. The molecule has 0 spiro atoms. The number of hydrogen-bond donors (Lipinski definition) is 4. The molecule has 4 N–H and O–H groups in total. The molecule has 0 saturated carbocycles. The van der Waals surface area contributed by atoms with E-state index >= 15 is 0 Å². The third kappa shape index (κ3) is 10.3. The van der Waals surface area contributed by atoms with E-state index < -0.39 is 34.7 Å². The highest BCUT2D eigenvalue weighted by molar-refractivity contribution is 7.87. The van der Waals surface area contributed by atoms with E-state index in [0.717, 1.165) is 38.5 Å². The zero-order valence-corrected chi connectivity index (χ0v) is 19.7. The van der Waals surface area contributed by atoms with E-state index in [1.165, 1.54) is 42.8 Å². The van der Waals surface area contributed by atoms with E-state index in [4.69, 9.17) is 4.74 Å². The second-order valence-electron chi connectivity index (χ2n) is 8.36. The van der Waals surface area contributed by atoms with Gasteiger partial charge < -0.3 is 20.1 Å². The summed E-state index contributed by atoms with van der Waals surface area (Å²) >= 11 is 0. The van der Waals surface area contributed by atoms with Crippen LogP contribution in [0.25, 0.3) is 0 Å². The monoisotopic (exact) mass is 452 g/mol. The van der Waals surface area contributed by atoms with Crippen LogP contribution in [0, 0.1) is 0 Å². The minimum atomic E-state index is -3.89. The highest BCUT2D eigenvalue weighted by Gasteiger charge is 2.40. The Balaban J connectivity index is 2.60. The van der Waals surface area contributed by atoms with Crippen LogP contribution < -0.4 is 4.72 Å². The Morgan fingerprint density at radius 1 is 0.800 bits per heavy atom. The molecule has 0 aromatic heterocycles. The van der Waals surface area contributed by atoms with Crippen molar-refractivity contribution in [3.63, 3.8) is 0 Å². The fraction of sp³-hybridized carbons (Fsp3) is 1.00. The van der Waals surface area contributed by atoms with Gasteiger partial charge in [-0.05, 0) is 12.8 Å². The van der Waals surface area contributed by atoms with Crippen LogP contribution in [-0.4, -0.2) is 72.3 Å². The maximum absolute atomic E-state index is 12.9. The van der Waals surface area contributed by atoms with Crippen molar-refractivity contribution >= 4 is 10.2 Å². The highest BCUT2D eigenvalue weighted by atomic mass is 32.2. The minimum Gasteiger partial charge on any atom is -0.388 e. The average molecular weight is 453 g/mol. The molecule has 1 rings (SSSR count).